The quantitative estimate of drug-likeness (QED) is 0.483. The van der Waals surface area contributed by atoms with E-state index in [1.165, 1.54) is 0 Å². The maximum Gasteiger partial charge on any atom is 0.145 e. The summed E-state index contributed by atoms with van der Waals surface area (Å²) in [7, 11) is 0. The Labute approximate surface area is 103 Å². The van der Waals surface area contributed by atoms with E-state index >= 15 is 0 Å². The average Bonchev–Trinajstić information content (AvgIpc) is 2.35. The van der Waals surface area contributed by atoms with E-state index in [9.17, 15) is 10.2 Å². The first-order valence-electron chi connectivity index (χ1n) is 5.82. The Morgan fingerprint density at radius 1 is 0.941 bits per heavy atom. The summed E-state index contributed by atoms with van der Waals surface area (Å²) in [6.07, 6.45) is 5.12. The van der Waals surface area contributed by atoms with Gasteiger partial charge in [-0.1, -0.05) is 26.0 Å². The normalized spacial score (nSPS) is 13.5. The molecule has 0 radical (unpaired) electrons. The number of hydrogen-bond donors (Lipinski definition) is 2. The Hall–Kier alpha value is -1.64. The molecule has 0 amide bonds. The molecule has 0 aliphatic rings. The molecule has 3 heteroatoms. The zero-order valence-corrected chi connectivity index (χ0v) is 10.7. The molecule has 0 saturated carbocycles. The maximum atomic E-state index is 9.70. The predicted octanol–water partition coefficient (Wildman–Crippen LogP) is 4.51. The van der Waals surface area contributed by atoms with Crippen LogP contribution in [-0.4, -0.2) is 10.2 Å². The summed E-state index contributed by atoms with van der Waals surface area (Å²) >= 11 is 0. The van der Waals surface area contributed by atoms with Crippen molar-refractivity contribution in [1.82, 2.24) is 0 Å². The minimum Gasteiger partial charge on any atom is -0.509 e. The molecule has 2 N–H and O–H groups in total. The predicted molar refractivity (Wildman–Crippen MR) is 70.6 cm³/mol. The molecule has 0 aromatic heterocycles. The Balaban J connectivity index is 5.06. The fraction of sp³-hybridized carbons (Fsp3) is 0.429. The van der Waals surface area contributed by atoms with Crippen molar-refractivity contribution >= 4 is 0 Å². The van der Waals surface area contributed by atoms with Crippen molar-refractivity contribution in [2.24, 2.45) is 0 Å². The molecule has 0 saturated heterocycles. The van der Waals surface area contributed by atoms with Gasteiger partial charge in [0, 0.05) is 25.7 Å². The van der Waals surface area contributed by atoms with Crippen LogP contribution in [0.15, 0.2) is 48.3 Å². The van der Waals surface area contributed by atoms with E-state index in [2.05, 4.69) is 13.2 Å². The molecular weight excluding hydrogens is 216 g/mol. The average molecular weight is 238 g/mol. The summed E-state index contributed by atoms with van der Waals surface area (Å²) in [6, 6.07) is 0. The summed E-state index contributed by atoms with van der Waals surface area (Å²) in [5, 5.41) is 19.4. The lowest BCUT2D eigenvalue weighted by molar-refractivity contribution is 0.223. The minimum atomic E-state index is 0.176. The molecule has 0 aromatic carbocycles. The van der Waals surface area contributed by atoms with E-state index in [4.69, 9.17) is 4.74 Å². The van der Waals surface area contributed by atoms with Crippen LogP contribution in [0.25, 0.3) is 0 Å². The zero-order chi connectivity index (χ0) is 13.3. The van der Waals surface area contributed by atoms with Crippen LogP contribution in [0, 0.1) is 0 Å². The third-order valence-corrected chi connectivity index (χ3v) is 2.22. The van der Waals surface area contributed by atoms with Gasteiger partial charge in [0.05, 0.1) is 0 Å². The number of aliphatic hydroxyl groups is 2. The molecule has 0 rings (SSSR count). The van der Waals surface area contributed by atoms with Crippen molar-refractivity contribution in [3.63, 3.8) is 0 Å². The second kappa shape index (κ2) is 8.50. The smallest absolute Gasteiger partial charge is 0.145 e. The van der Waals surface area contributed by atoms with Gasteiger partial charge >= 0.3 is 0 Å². The molecule has 0 heterocycles. The van der Waals surface area contributed by atoms with Crippen LogP contribution in [0.1, 0.15) is 39.5 Å². The number of ether oxygens (including phenoxy) is 1. The highest BCUT2D eigenvalue weighted by Crippen LogP contribution is 2.21. The third kappa shape index (κ3) is 5.29. The number of allylic oxidation sites excluding steroid dienone is 4. The van der Waals surface area contributed by atoms with E-state index in [-0.39, 0.29) is 11.5 Å². The number of rotatable bonds is 8. The first-order valence-corrected chi connectivity index (χ1v) is 5.82. The van der Waals surface area contributed by atoms with Gasteiger partial charge in [-0.25, -0.2) is 0 Å². The molecule has 0 spiro atoms. The van der Waals surface area contributed by atoms with Gasteiger partial charge in [0.25, 0.3) is 0 Å². The second-order valence-electron chi connectivity index (χ2n) is 3.53. The summed E-state index contributed by atoms with van der Waals surface area (Å²) in [6.45, 7) is 10.9. The van der Waals surface area contributed by atoms with Gasteiger partial charge in [-0.15, -0.1) is 13.2 Å². The Morgan fingerprint density at radius 3 is 1.53 bits per heavy atom. The van der Waals surface area contributed by atoms with Gasteiger partial charge in [-0.05, 0) is 0 Å². The van der Waals surface area contributed by atoms with E-state index < -0.39 is 0 Å². The molecule has 0 aliphatic carbocycles. The first kappa shape index (κ1) is 15.4. The van der Waals surface area contributed by atoms with Crippen molar-refractivity contribution < 1.29 is 14.9 Å². The van der Waals surface area contributed by atoms with E-state index in [1.807, 2.05) is 13.8 Å². The molecule has 96 valence electrons. The van der Waals surface area contributed by atoms with Gasteiger partial charge < -0.3 is 14.9 Å². The molecule has 0 unspecified atom stereocenters. The SMILES string of the molecule is C=CC/C(O/C(CC=C)=C(\O)CC)=C(/O)CC. The van der Waals surface area contributed by atoms with Gasteiger partial charge in [0.1, 0.15) is 23.0 Å². The third-order valence-electron chi connectivity index (χ3n) is 2.22. The highest BCUT2D eigenvalue weighted by atomic mass is 16.5. The molecule has 0 fully saturated rings. The Morgan fingerprint density at radius 2 is 1.29 bits per heavy atom. The summed E-state index contributed by atoms with van der Waals surface area (Å²) in [5.74, 6) is 1.21. The van der Waals surface area contributed by atoms with Crippen molar-refractivity contribution in [3.8, 4) is 0 Å². The van der Waals surface area contributed by atoms with Gasteiger partial charge in [0.15, 0.2) is 0 Å². The largest absolute Gasteiger partial charge is 0.509 e. The monoisotopic (exact) mass is 238 g/mol. The Bertz CT molecular complexity index is 292. The first-order chi connectivity index (χ1) is 8.10. The lowest BCUT2D eigenvalue weighted by Crippen LogP contribution is -2.00. The van der Waals surface area contributed by atoms with Crippen molar-refractivity contribution in [1.29, 1.82) is 0 Å². The fourth-order valence-corrected chi connectivity index (χ4v) is 1.24. The molecular formula is C14H22O3. The zero-order valence-electron chi connectivity index (χ0n) is 10.7. The molecule has 0 bridgehead atoms. The van der Waals surface area contributed by atoms with Gasteiger partial charge in [-0.3, -0.25) is 0 Å². The van der Waals surface area contributed by atoms with Crippen LogP contribution >= 0.6 is 0 Å². The number of hydrogen-bond acceptors (Lipinski definition) is 3. The summed E-state index contributed by atoms with van der Waals surface area (Å²) < 4.78 is 5.55. The van der Waals surface area contributed by atoms with Crippen molar-refractivity contribution in [2.45, 2.75) is 39.5 Å². The highest BCUT2D eigenvalue weighted by Gasteiger charge is 2.10. The Kier molecular flexibility index (Phi) is 7.68. The standard InChI is InChI=1S/C14H22O3/c1-5-9-13(11(15)7-3)17-14(10-6-2)12(16)8-4/h5-6,15-16H,1-2,7-10H2,3-4H3/b13-11-,14-12-. The summed E-state index contributed by atoms with van der Waals surface area (Å²) in [5.41, 5.74) is 0. The minimum absolute atomic E-state index is 0.176. The molecule has 17 heavy (non-hydrogen) atoms. The topological polar surface area (TPSA) is 49.7 Å². The van der Waals surface area contributed by atoms with Crippen LogP contribution in [0.5, 0.6) is 0 Å². The van der Waals surface area contributed by atoms with E-state index in [1.54, 1.807) is 12.2 Å². The molecule has 0 aromatic rings. The van der Waals surface area contributed by atoms with Gasteiger partial charge in [-0.2, -0.15) is 0 Å². The molecule has 3 nitrogen and oxygen atoms in total. The lowest BCUT2D eigenvalue weighted by atomic mass is 10.2. The molecule has 0 atom stereocenters. The van der Waals surface area contributed by atoms with E-state index in [0.717, 1.165) is 0 Å². The molecule has 0 aliphatic heterocycles. The van der Waals surface area contributed by atoms with Crippen LogP contribution in [-0.2, 0) is 4.74 Å². The van der Waals surface area contributed by atoms with Crippen LogP contribution in [0.4, 0.5) is 0 Å². The van der Waals surface area contributed by atoms with Crippen molar-refractivity contribution in [3.05, 3.63) is 48.3 Å². The fourth-order valence-electron chi connectivity index (χ4n) is 1.24. The lowest BCUT2D eigenvalue weighted by Gasteiger charge is -2.14. The maximum absolute atomic E-state index is 9.70. The van der Waals surface area contributed by atoms with Crippen LogP contribution in [0.2, 0.25) is 0 Å². The second-order valence-corrected chi connectivity index (χ2v) is 3.53. The van der Waals surface area contributed by atoms with Gasteiger partial charge in [0.2, 0.25) is 0 Å². The summed E-state index contributed by atoms with van der Waals surface area (Å²) in [4.78, 5) is 0. The van der Waals surface area contributed by atoms with Crippen LogP contribution in [0.3, 0.4) is 0 Å². The number of aliphatic hydroxyl groups excluding tert-OH is 2. The van der Waals surface area contributed by atoms with Crippen molar-refractivity contribution in [2.75, 3.05) is 0 Å². The van der Waals surface area contributed by atoms with Crippen LogP contribution < -0.4 is 0 Å². The highest BCUT2D eigenvalue weighted by molar-refractivity contribution is 5.12. The van der Waals surface area contributed by atoms with E-state index in [0.29, 0.717) is 37.2 Å².